The number of hydrogen-bond acceptors (Lipinski definition) is 0. The fourth-order valence-corrected chi connectivity index (χ4v) is 11.4. The van der Waals surface area contributed by atoms with E-state index in [1.807, 2.05) is 0 Å². The lowest BCUT2D eigenvalue weighted by atomic mass is 9.73. The first-order valence-electron chi connectivity index (χ1n) is 26.2. The highest BCUT2D eigenvalue weighted by atomic mass is 14.4. The van der Waals surface area contributed by atoms with E-state index in [9.17, 15) is 0 Å². The first kappa shape index (κ1) is 47.4. The Hall–Kier alpha value is -7.24. The summed E-state index contributed by atoms with van der Waals surface area (Å²) in [5.74, 6) is 1.29. The predicted octanol–water partition coefficient (Wildman–Crippen LogP) is 20.1. The molecule has 8 aromatic carbocycles. The van der Waals surface area contributed by atoms with E-state index in [4.69, 9.17) is 0 Å². The second-order valence-electron chi connectivity index (χ2n) is 21.0. The molecular formula is C71H68. The molecule has 0 heteroatoms. The summed E-state index contributed by atoms with van der Waals surface area (Å²) in [6, 6.07) is 62.4. The van der Waals surface area contributed by atoms with Gasteiger partial charge < -0.3 is 0 Å². The SMILES string of the molecule is CC1=CC2=C(C=C=C1)C1=C(C=CCC1C)C2(C)C.CCCc1ccc(-c2ccc(-c3ccccc3)cc2)cc1.Cc1ccc2c(ccc3cc(-c4cccc(-c5ccccc5C)c4C4CCC4)ccc32)c1. The molecule has 0 saturated heterocycles. The first-order valence-corrected chi connectivity index (χ1v) is 26.2. The van der Waals surface area contributed by atoms with Gasteiger partial charge >= 0.3 is 0 Å². The fourth-order valence-electron chi connectivity index (χ4n) is 11.4. The Kier molecular flexibility index (Phi) is 13.8. The van der Waals surface area contributed by atoms with Crippen LogP contribution in [0.4, 0.5) is 0 Å². The molecule has 0 heterocycles. The van der Waals surface area contributed by atoms with E-state index >= 15 is 0 Å². The van der Waals surface area contributed by atoms with Gasteiger partial charge in [0, 0.05) is 5.41 Å². The monoisotopic (exact) mass is 921 g/mol. The van der Waals surface area contributed by atoms with E-state index in [1.165, 1.54) is 131 Å². The van der Waals surface area contributed by atoms with Crippen LogP contribution in [-0.4, -0.2) is 0 Å². The number of allylic oxidation sites excluding steroid dienone is 9. The molecule has 352 valence electrons. The summed E-state index contributed by atoms with van der Waals surface area (Å²) in [6.07, 6.45) is 18.7. The van der Waals surface area contributed by atoms with Crippen molar-refractivity contribution in [3.63, 3.8) is 0 Å². The number of rotatable bonds is 7. The second-order valence-corrected chi connectivity index (χ2v) is 21.0. The molecule has 0 bridgehead atoms. The molecule has 0 aliphatic heterocycles. The van der Waals surface area contributed by atoms with Crippen molar-refractivity contribution in [1.82, 2.24) is 0 Å². The van der Waals surface area contributed by atoms with Crippen LogP contribution in [0.5, 0.6) is 0 Å². The van der Waals surface area contributed by atoms with Gasteiger partial charge in [-0.25, -0.2) is 0 Å². The summed E-state index contributed by atoms with van der Waals surface area (Å²) < 4.78 is 0. The number of fused-ring (bicyclic) bond motifs is 4. The van der Waals surface area contributed by atoms with Gasteiger partial charge in [-0.05, 0) is 187 Å². The Morgan fingerprint density at radius 3 is 1.85 bits per heavy atom. The van der Waals surface area contributed by atoms with E-state index in [1.54, 1.807) is 11.1 Å². The maximum atomic E-state index is 3.33. The first-order chi connectivity index (χ1) is 34.6. The molecule has 1 saturated carbocycles. The standard InChI is InChI=1S/C32H28.C21H20.C18H20/c1-21-13-17-28-24(19-21)14-15-25-20-26(16-18-29(25)28)30-11-6-12-31(32(30)23-8-5-9-23)27-10-4-3-7-22(27)2;1-2-6-17-9-11-19(12-10-17)21-15-13-20(14-16-21)18-7-4-3-5-8-18;1-12-7-5-9-14-16(11-12)18(3,4)15-10-6-8-13(2)17(14)15/h3-4,6-7,10-20,23H,5,8-9H2,1-2H3;3-5,7-16H,2,6H2,1H3;6-7,9-11,13H,8H2,1-4H3. The average Bonchev–Trinajstić information content (AvgIpc) is 3.46. The summed E-state index contributed by atoms with van der Waals surface area (Å²) in [6.45, 7) is 15.8. The van der Waals surface area contributed by atoms with Crippen LogP contribution in [0, 0.1) is 25.2 Å². The molecule has 0 aromatic heterocycles. The van der Waals surface area contributed by atoms with Gasteiger partial charge in [0.1, 0.15) is 0 Å². The van der Waals surface area contributed by atoms with E-state index in [0.29, 0.717) is 11.8 Å². The molecule has 0 amide bonds. The van der Waals surface area contributed by atoms with Crippen LogP contribution in [0.25, 0.3) is 66.1 Å². The Balaban J connectivity index is 0.000000130. The quantitative estimate of drug-likeness (QED) is 0.110. The van der Waals surface area contributed by atoms with E-state index < -0.39 is 0 Å². The minimum atomic E-state index is 0.132. The van der Waals surface area contributed by atoms with Crippen molar-refractivity contribution in [2.24, 2.45) is 11.3 Å². The van der Waals surface area contributed by atoms with Crippen molar-refractivity contribution in [2.75, 3.05) is 0 Å². The third kappa shape index (κ3) is 9.80. The zero-order valence-electron chi connectivity index (χ0n) is 42.9. The van der Waals surface area contributed by atoms with E-state index in [-0.39, 0.29) is 5.41 Å². The highest BCUT2D eigenvalue weighted by molar-refractivity contribution is 6.08. The van der Waals surface area contributed by atoms with Crippen LogP contribution < -0.4 is 0 Å². The number of benzene rings is 8. The molecular weight excluding hydrogens is 853 g/mol. The molecule has 1 unspecified atom stereocenters. The molecule has 4 aliphatic rings. The third-order valence-electron chi connectivity index (χ3n) is 15.6. The lowest BCUT2D eigenvalue weighted by molar-refractivity contribution is 0.421. The summed E-state index contributed by atoms with van der Waals surface area (Å²) in [7, 11) is 0. The lowest BCUT2D eigenvalue weighted by Crippen LogP contribution is -2.15. The van der Waals surface area contributed by atoms with Gasteiger partial charge in [-0.2, -0.15) is 0 Å². The normalized spacial score (nSPS) is 16.6. The zero-order valence-corrected chi connectivity index (χ0v) is 42.9. The van der Waals surface area contributed by atoms with Crippen LogP contribution in [0.2, 0.25) is 0 Å². The van der Waals surface area contributed by atoms with Gasteiger partial charge in [0.15, 0.2) is 0 Å². The van der Waals surface area contributed by atoms with Gasteiger partial charge in [0.25, 0.3) is 0 Å². The third-order valence-corrected chi connectivity index (χ3v) is 15.6. The van der Waals surface area contributed by atoms with Gasteiger partial charge in [0.05, 0.1) is 0 Å². The Labute approximate surface area is 424 Å². The number of hydrogen-bond donors (Lipinski definition) is 0. The Morgan fingerprint density at radius 2 is 1.17 bits per heavy atom. The van der Waals surface area contributed by atoms with Crippen molar-refractivity contribution in [2.45, 2.75) is 92.9 Å². The summed E-state index contributed by atoms with van der Waals surface area (Å²) >= 11 is 0. The van der Waals surface area contributed by atoms with Crippen molar-refractivity contribution in [1.29, 1.82) is 0 Å². The van der Waals surface area contributed by atoms with E-state index in [2.05, 4.69) is 254 Å². The van der Waals surface area contributed by atoms with Gasteiger partial charge in [-0.1, -0.05) is 228 Å². The van der Waals surface area contributed by atoms with Gasteiger partial charge in [-0.15, -0.1) is 5.73 Å². The van der Waals surface area contributed by atoms with Gasteiger partial charge in [-0.3, -0.25) is 0 Å². The summed E-state index contributed by atoms with van der Waals surface area (Å²) in [5, 5.41) is 5.32. The Bertz CT molecular complexity index is 3440. The zero-order chi connectivity index (χ0) is 49.1. The summed E-state index contributed by atoms with van der Waals surface area (Å²) in [4.78, 5) is 0. The Morgan fingerprint density at radius 1 is 0.563 bits per heavy atom. The highest BCUT2D eigenvalue weighted by Gasteiger charge is 2.39. The van der Waals surface area contributed by atoms with Crippen LogP contribution in [0.15, 0.2) is 234 Å². The molecule has 0 N–H and O–H groups in total. The van der Waals surface area contributed by atoms with Crippen LogP contribution in [0.3, 0.4) is 0 Å². The predicted molar refractivity (Wildman–Crippen MR) is 307 cm³/mol. The van der Waals surface area contributed by atoms with E-state index in [0.717, 1.165) is 12.8 Å². The molecule has 8 aromatic rings. The molecule has 71 heavy (non-hydrogen) atoms. The van der Waals surface area contributed by atoms with Crippen molar-refractivity contribution < 1.29 is 0 Å². The molecule has 12 rings (SSSR count). The van der Waals surface area contributed by atoms with Crippen LogP contribution in [0.1, 0.15) is 94.9 Å². The lowest BCUT2D eigenvalue weighted by Gasteiger charge is -2.31. The fraction of sp³-hybridized carbons (Fsp3) is 0.225. The van der Waals surface area contributed by atoms with Gasteiger partial charge in [0.2, 0.25) is 0 Å². The smallest absolute Gasteiger partial charge is 0.0155 e. The number of aryl methyl sites for hydroxylation is 3. The van der Waals surface area contributed by atoms with Crippen molar-refractivity contribution >= 4 is 21.5 Å². The second kappa shape index (κ2) is 20.6. The molecule has 1 fully saturated rings. The van der Waals surface area contributed by atoms with Crippen molar-refractivity contribution in [3.05, 3.63) is 256 Å². The van der Waals surface area contributed by atoms with Crippen molar-refractivity contribution in [3.8, 4) is 44.5 Å². The maximum Gasteiger partial charge on any atom is 0.0155 e. The summed E-state index contributed by atoms with van der Waals surface area (Å²) in [5.41, 5.74) is 26.9. The molecule has 0 spiro atoms. The molecule has 1 atom stereocenters. The minimum absolute atomic E-state index is 0.132. The molecule has 0 nitrogen and oxygen atoms in total. The largest absolute Gasteiger partial charge is 0.120 e. The highest BCUT2D eigenvalue weighted by Crippen LogP contribution is 2.53. The van der Waals surface area contributed by atoms with Crippen LogP contribution in [-0.2, 0) is 6.42 Å². The maximum absolute atomic E-state index is 3.33. The molecule has 0 radical (unpaired) electrons. The topological polar surface area (TPSA) is 0 Å². The van der Waals surface area contributed by atoms with Crippen LogP contribution >= 0.6 is 0 Å². The molecule has 4 aliphatic carbocycles. The average molecular weight is 921 g/mol. The minimum Gasteiger partial charge on any atom is -0.120 e.